The minimum atomic E-state index is 0.0537. The Kier molecular flexibility index (Phi) is 6.05. The molecule has 1 atom stereocenters. The third-order valence-electron chi connectivity index (χ3n) is 4.26. The van der Waals surface area contributed by atoms with Crippen LogP contribution in [0.15, 0.2) is 24.3 Å². The summed E-state index contributed by atoms with van der Waals surface area (Å²) in [6.45, 7) is 4.91. The Hall–Kier alpha value is -1.55. The van der Waals surface area contributed by atoms with E-state index < -0.39 is 0 Å². The molecule has 0 bridgehead atoms. The van der Waals surface area contributed by atoms with Gasteiger partial charge < -0.3 is 16.0 Å². The van der Waals surface area contributed by atoms with Crippen LogP contribution in [-0.4, -0.2) is 25.5 Å². The van der Waals surface area contributed by atoms with Crippen molar-refractivity contribution in [1.82, 2.24) is 0 Å². The van der Waals surface area contributed by atoms with Crippen molar-refractivity contribution in [2.75, 3.05) is 29.9 Å². The Morgan fingerprint density at radius 1 is 1.24 bits per heavy atom. The van der Waals surface area contributed by atoms with Gasteiger partial charge >= 0.3 is 0 Å². The highest BCUT2D eigenvalue weighted by Gasteiger charge is 2.12. The van der Waals surface area contributed by atoms with Crippen LogP contribution in [-0.2, 0) is 4.79 Å². The van der Waals surface area contributed by atoms with Gasteiger partial charge in [0, 0.05) is 30.9 Å². The average Bonchev–Trinajstić information content (AvgIpc) is 2.54. The Labute approximate surface area is 127 Å². The molecule has 0 radical (unpaired) electrons. The van der Waals surface area contributed by atoms with Gasteiger partial charge in [0.2, 0.25) is 5.91 Å². The molecule has 1 unspecified atom stereocenters. The first kappa shape index (κ1) is 15.8. The summed E-state index contributed by atoms with van der Waals surface area (Å²) in [5.74, 6) is 0.329. The second-order valence-electron chi connectivity index (χ2n) is 5.86. The number of carbonyl (C=O) groups is 1. The first-order chi connectivity index (χ1) is 10.2. The van der Waals surface area contributed by atoms with Gasteiger partial charge in [-0.25, -0.2) is 0 Å². The Morgan fingerprint density at radius 2 is 1.90 bits per heavy atom. The Balaban J connectivity index is 1.88. The number of anilines is 2. The van der Waals surface area contributed by atoms with E-state index in [9.17, 15) is 4.79 Å². The molecule has 3 N–H and O–H groups in total. The minimum Gasteiger partial charge on any atom is -0.372 e. The van der Waals surface area contributed by atoms with E-state index in [2.05, 4.69) is 29.3 Å². The van der Waals surface area contributed by atoms with E-state index in [1.807, 2.05) is 12.1 Å². The summed E-state index contributed by atoms with van der Waals surface area (Å²) in [7, 11) is 0. The van der Waals surface area contributed by atoms with Crippen LogP contribution >= 0.6 is 0 Å². The van der Waals surface area contributed by atoms with E-state index in [-0.39, 0.29) is 11.8 Å². The molecule has 1 fully saturated rings. The summed E-state index contributed by atoms with van der Waals surface area (Å²) in [6.07, 6.45) is 5.33. The van der Waals surface area contributed by atoms with Gasteiger partial charge in [-0.1, -0.05) is 13.3 Å². The molecule has 0 spiro atoms. The molecule has 0 aliphatic carbocycles. The molecule has 1 amide bonds. The number of nitrogens with zero attached hydrogens (tertiary/aromatic N) is 1. The third-order valence-corrected chi connectivity index (χ3v) is 4.26. The van der Waals surface area contributed by atoms with Crippen molar-refractivity contribution in [3.05, 3.63) is 24.3 Å². The van der Waals surface area contributed by atoms with Crippen molar-refractivity contribution >= 4 is 17.3 Å². The predicted molar refractivity (Wildman–Crippen MR) is 88.6 cm³/mol. The largest absolute Gasteiger partial charge is 0.372 e. The highest BCUT2D eigenvalue weighted by molar-refractivity contribution is 5.91. The summed E-state index contributed by atoms with van der Waals surface area (Å²) >= 11 is 0. The van der Waals surface area contributed by atoms with Gasteiger partial charge in [-0.15, -0.1) is 0 Å². The van der Waals surface area contributed by atoms with Crippen LogP contribution in [0.5, 0.6) is 0 Å². The summed E-state index contributed by atoms with van der Waals surface area (Å²) in [5.41, 5.74) is 7.76. The zero-order valence-corrected chi connectivity index (χ0v) is 13.0. The van der Waals surface area contributed by atoms with Crippen LogP contribution < -0.4 is 16.0 Å². The van der Waals surface area contributed by atoms with Gasteiger partial charge in [0.05, 0.1) is 0 Å². The van der Waals surface area contributed by atoms with Gasteiger partial charge in [-0.3, -0.25) is 4.79 Å². The van der Waals surface area contributed by atoms with Crippen LogP contribution in [0.25, 0.3) is 0 Å². The van der Waals surface area contributed by atoms with Crippen molar-refractivity contribution in [3.63, 3.8) is 0 Å². The molecule has 4 heteroatoms. The lowest BCUT2D eigenvalue weighted by molar-refractivity contribution is -0.117. The number of carbonyl (C=O) groups excluding carboxylic acids is 1. The Morgan fingerprint density at radius 3 is 2.48 bits per heavy atom. The number of hydrogen-bond donors (Lipinski definition) is 2. The number of rotatable bonds is 6. The van der Waals surface area contributed by atoms with Crippen LogP contribution in [0.4, 0.5) is 11.4 Å². The van der Waals surface area contributed by atoms with E-state index in [1.54, 1.807) is 0 Å². The van der Waals surface area contributed by atoms with Crippen molar-refractivity contribution in [1.29, 1.82) is 0 Å². The fraction of sp³-hybridized carbons (Fsp3) is 0.588. The average molecular weight is 289 g/mol. The van der Waals surface area contributed by atoms with Crippen LogP contribution in [0.2, 0.25) is 0 Å². The summed E-state index contributed by atoms with van der Waals surface area (Å²) in [5, 5.41) is 2.96. The van der Waals surface area contributed by atoms with E-state index in [1.165, 1.54) is 24.9 Å². The summed E-state index contributed by atoms with van der Waals surface area (Å²) < 4.78 is 0. The van der Waals surface area contributed by atoms with Crippen LogP contribution in [0.3, 0.4) is 0 Å². The lowest BCUT2D eigenvalue weighted by Crippen LogP contribution is -2.29. The minimum absolute atomic E-state index is 0.0537. The number of benzene rings is 1. The molecule has 4 nitrogen and oxygen atoms in total. The maximum Gasteiger partial charge on any atom is 0.224 e. The molecule has 2 rings (SSSR count). The topological polar surface area (TPSA) is 58.4 Å². The maximum atomic E-state index is 12.0. The molecule has 1 aromatic rings. The summed E-state index contributed by atoms with van der Waals surface area (Å²) in [4.78, 5) is 14.4. The van der Waals surface area contributed by atoms with E-state index >= 15 is 0 Å². The van der Waals surface area contributed by atoms with Crippen molar-refractivity contribution in [3.8, 4) is 0 Å². The van der Waals surface area contributed by atoms with Gasteiger partial charge in [-0.05, 0) is 56.0 Å². The van der Waals surface area contributed by atoms with Crippen molar-refractivity contribution in [2.24, 2.45) is 11.7 Å². The SMILES string of the molecule is CCC(CN)CC(=O)Nc1ccc(N2CCCCC2)cc1. The number of nitrogens with one attached hydrogen (secondary N) is 1. The Bertz CT molecular complexity index is 434. The van der Waals surface area contributed by atoms with E-state index in [0.717, 1.165) is 25.2 Å². The second-order valence-corrected chi connectivity index (χ2v) is 5.86. The molecule has 1 aromatic carbocycles. The first-order valence-corrected chi connectivity index (χ1v) is 8.08. The van der Waals surface area contributed by atoms with E-state index in [4.69, 9.17) is 5.73 Å². The molecule has 1 aliphatic rings. The molecule has 1 heterocycles. The maximum absolute atomic E-state index is 12.0. The van der Waals surface area contributed by atoms with Gasteiger partial charge in [0.25, 0.3) is 0 Å². The monoisotopic (exact) mass is 289 g/mol. The van der Waals surface area contributed by atoms with Crippen molar-refractivity contribution < 1.29 is 4.79 Å². The highest BCUT2D eigenvalue weighted by atomic mass is 16.1. The molecule has 0 aromatic heterocycles. The molecular formula is C17H27N3O. The standard InChI is InChI=1S/C17H27N3O/c1-2-14(13-18)12-17(21)19-15-6-8-16(9-7-15)20-10-4-3-5-11-20/h6-9,14H,2-5,10-13,18H2,1H3,(H,19,21). The highest BCUT2D eigenvalue weighted by Crippen LogP contribution is 2.22. The zero-order valence-electron chi connectivity index (χ0n) is 13.0. The molecule has 1 saturated heterocycles. The lowest BCUT2D eigenvalue weighted by atomic mass is 10.0. The van der Waals surface area contributed by atoms with Crippen LogP contribution in [0, 0.1) is 5.92 Å². The number of piperidine rings is 1. The smallest absolute Gasteiger partial charge is 0.224 e. The van der Waals surface area contributed by atoms with E-state index in [0.29, 0.717) is 13.0 Å². The molecule has 0 saturated carbocycles. The van der Waals surface area contributed by atoms with Gasteiger partial charge in [0.15, 0.2) is 0 Å². The van der Waals surface area contributed by atoms with Crippen LogP contribution in [0.1, 0.15) is 39.0 Å². The third kappa shape index (κ3) is 4.74. The second kappa shape index (κ2) is 8.03. The molecule has 1 aliphatic heterocycles. The quantitative estimate of drug-likeness (QED) is 0.846. The number of hydrogen-bond acceptors (Lipinski definition) is 3. The number of amides is 1. The number of nitrogens with two attached hydrogens (primary N) is 1. The van der Waals surface area contributed by atoms with Gasteiger partial charge in [0.1, 0.15) is 0 Å². The first-order valence-electron chi connectivity index (χ1n) is 8.08. The van der Waals surface area contributed by atoms with Crippen molar-refractivity contribution in [2.45, 2.75) is 39.0 Å². The molecule has 116 valence electrons. The normalized spacial score (nSPS) is 16.6. The lowest BCUT2D eigenvalue weighted by Gasteiger charge is -2.28. The predicted octanol–water partition coefficient (Wildman–Crippen LogP) is 2.99. The molecule has 21 heavy (non-hydrogen) atoms. The zero-order chi connectivity index (χ0) is 15.1. The fourth-order valence-electron chi connectivity index (χ4n) is 2.78. The van der Waals surface area contributed by atoms with Gasteiger partial charge in [-0.2, -0.15) is 0 Å². The fourth-order valence-corrected chi connectivity index (χ4v) is 2.78. The molecular weight excluding hydrogens is 262 g/mol. The summed E-state index contributed by atoms with van der Waals surface area (Å²) in [6, 6.07) is 8.18.